The topological polar surface area (TPSA) is 48.3 Å². The number of nitrogens with zero attached hydrogens (tertiary/aromatic N) is 2. The summed E-state index contributed by atoms with van der Waals surface area (Å²) in [6, 6.07) is 2.16. The number of nitriles is 1. The van der Waals surface area contributed by atoms with E-state index < -0.39 is 0 Å². The van der Waals surface area contributed by atoms with Crippen molar-refractivity contribution in [3.8, 4) is 6.07 Å². The van der Waals surface area contributed by atoms with Crippen LogP contribution in [0, 0.1) is 11.3 Å². The number of nitrogens with one attached hydrogen (secondary N) is 1. The quantitative estimate of drug-likeness (QED) is 0.702. The molecule has 0 spiro atoms. The third-order valence-electron chi connectivity index (χ3n) is 2.44. The van der Waals surface area contributed by atoms with E-state index in [1.165, 1.54) is 0 Å². The summed E-state index contributed by atoms with van der Waals surface area (Å²) in [5.74, 6) is 0. The van der Waals surface area contributed by atoms with Gasteiger partial charge < -0.3 is 10.1 Å². The molecule has 0 saturated carbocycles. The van der Waals surface area contributed by atoms with Gasteiger partial charge in [-0.1, -0.05) is 0 Å². The largest absolute Gasteiger partial charge is 0.373 e. The van der Waals surface area contributed by atoms with Crippen LogP contribution in [0.25, 0.3) is 0 Å². The second-order valence-corrected chi connectivity index (χ2v) is 3.95. The van der Waals surface area contributed by atoms with Gasteiger partial charge >= 0.3 is 0 Å². The van der Waals surface area contributed by atoms with Crippen LogP contribution in [0.2, 0.25) is 0 Å². The molecule has 0 amide bonds. The molecule has 1 N–H and O–H groups in total. The molecule has 0 radical (unpaired) electrons. The fourth-order valence-electron chi connectivity index (χ4n) is 1.89. The Kier molecular flexibility index (Phi) is 4.33. The molecule has 1 aliphatic heterocycles. The Morgan fingerprint density at radius 1 is 1.50 bits per heavy atom. The average molecular weight is 197 g/mol. The van der Waals surface area contributed by atoms with Crippen LogP contribution in [0.3, 0.4) is 0 Å². The van der Waals surface area contributed by atoms with E-state index in [2.05, 4.69) is 30.1 Å². The Bertz CT molecular complexity index is 204. The van der Waals surface area contributed by atoms with E-state index in [4.69, 9.17) is 10.00 Å². The minimum atomic E-state index is -0.0764. The Balaban J connectivity index is 2.40. The maximum absolute atomic E-state index is 8.82. The molecule has 3 atom stereocenters. The van der Waals surface area contributed by atoms with E-state index in [1.54, 1.807) is 0 Å². The standard InChI is InChI=1S/C10H19N3O/c1-8-5-13(6-9(2)14-8)7-10(4-11)12-3/h8-10,12H,5-7H2,1-3H3. The number of rotatable bonds is 3. The van der Waals surface area contributed by atoms with Crippen molar-refractivity contribution in [3.63, 3.8) is 0 Å². The van der Waals surface area contributed by atoms with Crippen LogP contribution in [0.1, 0.15) is 13.8 Å². The predicted octanol–water partition coefficient (Wildman–Crippen LogP) is 0.207. The maximum Gasteiger partial charge on any atom is 0.108 e. The van der Waals surface area contributed by atoms with Crippen LogP contribution < -0.4 is 5.32 Å². The lowest BCUT2D eigenvalue weighted by Crippen LogP contribution is -2.49. The molecule has 0 aromatic rings. The zero-order chi connectivity index (χ0) is 10.6. The van der Waals surface area contributed by atoms with Crippen LogP contribution in [-0.2, 0) is 4.74 Å². The lowest BCUT2D eigenvalue weighted by atomic mass is 10.2. The van der Waals surface area contributed by atoms with Gasteiger partial charge in [0.15, 0.2) is 0 Å². The molecule has 1 saturated heterocycles. The molecule has 4 heteroatoms. The summed E-state index contributed by atoms with van der Waals surface area (Å²) in [6.45, 7) is 6.77. The highest BCUT2D eigenvalue weighted by Crippen LogP contribution is 2.10. The molecular weight excluding hydrogens is 178 g/mol. The SMILES string of the molecule is CNC(C#N)CN1CC(C)OC(C)C1. The molecule has 14 heavy (non-hydrogen) atoms. The summed E-state index contributed by atoms with van der Waals surface area (Å²) in [6.07, 6.45) is 0.546. The van der Waals surface area contributed by atoms with E-state index in [-0.39, 0.29) is 18.2 Å². The fourth-order valence-corrected chi connectivity index (χ4v) is 1.89. The van der Waals surface area contributed by atoms with Crippen molar-refractivity contribution in [2.45, 2.75) is 32.1 Å². The van der Waals surface area contributed by atoms with Gasteiger partial charge in [0, 0.05) is 19.6 Å². The van der Waals surface area contributed by atoms with Crippen LogP contribution >= 0.6 is 0 Å². The second kappa shape index (κ2) is 5.30. The van der Waals surface area contributed by atoms with Crippen molar-refractivity contribution in [1.29, 1.82) is 5.26 Å². The highest BCUT2D eigenvalue weighted by atomic mass is 16.5. The first-order valence-corrected chi connectivity index (χ1v) is 5.10. The Morgan fingerprint density at radius 2 is 2.07 bits per heavy atom. The smallest absolute Gasteiger partial charge is 0.108 e. The van der Waals surface area contributed by atoms with Gasteiger partial charge in [-0.25, -0.2) is 0 Å². The molecule has 0 aliphatic carbocycles. The summed E-state index contributed by atoms with van der Waals surface area (Å²) >= 11 is 0. The number of ether oxygens (including phenoxy) is 1. The molecule has 1 aliphatic rings. The lowest BCUT2D eigenvalue weighted by molar-refractivity contribution is -0.0686. The van der Waals surface area contributed by atoms with Crippen molar-refractivity contribution in [1.82, 2.24) is 10.2 Å². The molecule has 1 fully saturated rings. The van der Waals surface area contributed by atoms with Crippen molar-refractivity contribution in [2.75, 3.05) is 26.7 Å². The van der Waals surface area contributed by atoms with E-state index in [1.807, 2.05) is 7.05 Å². The monoisotopic (exact) mass is 197 g/mol. The summed E-state index contributed by atoms with van der Waals surface area (Å²) < 4.78 is 5.62. The van der Waals surface area contributed by atoms with Gasteiger partial charge in [-0.05, 0) is 20.9 Å². The van der Waals surface area contributed by atoms with Crippen molar-refractivity contribution in [2.24, 2.45) is 0 Å². The minimum absolute atomic E-state index is 0.0764. The molecule has 1 heterocycles. The summed E-state index contributed by atoms with van der Waals surface area (Å²) in [7, 11) is 1.82. The van der Waals surface area contributed by atoms with Gasteiger partial charge in [-0.15, -0.1) is 0 Å². The summed E-state index contributed by atoms with van der Waals surface area (Å²) in [5, 5.41) is 11.8. The first-order chi connectivity index (χ1) is 6.65. The highest BCUT2D eigenvalue weighted by Gasteiger charge is 2.23. The van der Waals surface area contributed by atoms with Crippen molar-refractivity contribution in [3.05, 3.63) is 0 Å². The normalized spacial score (nSPS) is 31.0. The Hall–Kier alpha value is -0.630. The maximum atomic E-state index is 8.82. The minimum Gasteiger partial charge on any atom is -0.373 e. The first-order valence-electron chi connectivity index (χ1n) is 5.10. The van der Waals surface area contributed by atoms with Crippen LogP contribution in [0.5, 0.6) is 0 Å². The van der Waals surface area contributed by atoms with Crippen LogP contribution in [0.4, 0.5) is 0 Å². The zero-order valence-corrected chi connectivity index (χ0v) is 9.16. The van der Waals surface area contributed by atoms with Gasteiger partial charge in [0.1, 0.15) is 6.04 Å². The number of hydrogen-bond acceptors (Lipinski definition) is 4. The third kappa shape index (κ3) is 3.26. The predicted molar refractivity (Wildman–Crippen MR) is 54.9 cm³/mol. The molecule has 3 unspecified atom stereocenters. The van der Waals surface area contributed by atoms with Crippen molar-refractivity contribution >= 4 is 0 Å². The molecular formula is C10H19N3O. The zero-order valence-electron chi connectivity index (χ0n) is 9.16. The van der Waals surface area contributed by atoms with Crippen molar-refractivity contribution < 1.29 is 4.74 Å². The summed E-state index contributed by atoms with van der Waals surface area (Å²) in [4.78, 5) is 2.28. The van der Waals surface area contributed by atoms with E-state index >= 15 is 0 Å². The molecule has 1 rings (SSSR count). The van der Waals surface area contributed by atoms with Gasteiger partial charge in [-0.2, -0.15) is 5.26 Å². The molecule has 0 aromatic heterocycles. The Morgan fingerprint density at radius 3 is 2.50 bits per heavy atom. The van der Waals surface area contributed by atoms with Gasteiger partial charge in [0.05, 0.1) is 18.3 Å². The average Bonchev–Trinajstić information content (AvgIpc) is 2.12. The molecule has 0 aromatic carbocycles. The number of hydrogen-bond donors (Lipinski definition) is 1. The first kappa shape index (κ1) is 11.4. The summed E-state index contributed by atoms with van der Waals surface area (Å²) in [5.41, 5.74) is 0. The lowest BCUT2D eigenvalue weighted by Gasteiger charge is -2.36. The van der Waals surface area contributed by atoms with Gasteiger partial charge in [-0.3, -0.25) is 4.90 Å². The highest BCUT2D eigenvalue weighted by molar-refractivity contribution is 4.92. The van der Waals surface area contributed by atoms with Gasteiger partial charge in [0.25, 0.3) is 0 Å². The number of likely N-dealkylation sites (N-methyl/N-ethyl adjacent to an activating group) is 1. The van der Waals surface area contributed by atoms with E-state index in [0.29, 0.717) is 0 Å². The van der Waals surface area contributed by atoms with E-state index in [0.717, 1.165) is 19.6 Å². The fraction of sp³-hybridized carbons (Fsp3) is 0.900. The number of morpholine rings is 1. The van der Waals surface area contributed by atoms with E-state index in [9.17, 15) is 0 Å². The molecule has 80 valence electrons. The Labute approximate surface area is 85.8 Å². The van der Waals surface area contributed by atoms with Crippen LogP contribution in [0.15, 0.2) is 0 Å². The molecule has 4 nitrogen and oxygen atoms in total. The van der Waals surface area contributed by atoms with Crippen LogP contribution in [-0.4, -0.2) is 49.8 Å². The second-order valence-electron chi connectivity index (χ2n) is 3.95. The molecule has 0 bridgehead atoms. The third-order valence-corrected chi connectivity index (χ3v) is 2.44. The van der Waals surface area contributed by atoms with Gasteiger partial charge in [0.2, 0.25) is 0 Å².